The van der Waals surface area contributed by atoms with Crippen molar-refractivity contribution in [2.45, 2.75) is 84.7 Å². The second-order valence-electron chi connectivity index (χ2n) is 6.01. The van der Waals surface area contributed by atoms with Gasteiger partial charge >= 0.3 is 5.97 Å². The van der Waals surface area contributed by atoms with Gasteiger partial charge in [0.25, 0.3) is 0 Å². The van der Waals surface area contributed by atoms with E-state index in [1.165, 1.54) is 57.7 Å². The highest BCUT2D eigenvalue weighted by Gasteiger charge is 2.14. The van der Waals surface area contributed by atoms with Crippen molar-refractivity contribution in [3.63, 3.8) is 0 Å². The summed E-state index contributed by atoms with van der Waals surface area (Å²) in [5, 5.41) is 0. The Morgan fingerprint density at radius 2 is 1.83 bits per heavy atom. The largest absolute Gasteiger partial charge is 1.00 e. The second kappa shape index (κ2) is 13.6. The van der Waals surface area contributed by atoms with Crippen LogP contribution in [0.2, 0.25) is 0 Å². The molecule has 0 bridgehead atoms. The Balaban J connectivity index is 0.00000484. The van der Waals surface area contributed by atoms with Crippen molar-refractivity contribution in [1.29, 1.82) is 0 Å². The molecule has 0 saturated heterocycles. The number of aryl methyl sites for hydroxylation is 3. The maximum absolute atomic E-state index is 11.4. The SMILES string of the molecule is CCCCCCn1c[n+](CCCCC)cc1CCC(=O)OC.[Br-]. The smallest absolute Gasteiger partial charge is 0.305 e. The number of carbonyl (C=O) groups is 1. The summed E-state index contributed by atoms with van der Waals surface area (Å²) in [5.41, 5.74) is 1.25. The van der Waals surface area contributed by atoms with E-state index in [1.54, 1.807) is 0 Å². The molecule has 0 aliphatic rings. The number of hydrogen-bond acceptors (Lipinski definition) is 2. The molecule has 1 heterocycles. The molecular weight excluding hydrogens is 356 g/mol. The Morgan fingerprint density at radius 1 is 1.13 bits per heavy atom. The van der Waals surface area contributed by atoms with Crippen LogP contribution in [-0.4, -0.2) is 17.6 Å². The molecule has 0 aliphatic carbocycles. The van der Waals surface area contributed by atoms with E-state index in [4.69, 9.17) is 4.74 Å². The number of methoxy groups -OCH3 is 1. The average molecular weight is 389 g/mol. The van der Waals surface area contributed by atoms with Crippen LogP contribution in [0.3, 0.4) is 0 Å². The van der Waals surface area contributed by atoms with E-state index in [0.717, 1.165) is 19.5 Å². The van der Waals surface area contributed by atoms with Crippen LogP contribution in [-0.2, 0) is 29.0 Å². The van der Waals surface area contributed by atoms with E-state index in [1.807, 2.05) is 0 Å². The number of ether oxygens (including phenoxy) is 1. The van der Waals surface area contributed by atoms with Crippen molar-refractivity contribution in [3.05, 3.63) is 18.2 Å². The van der Waals surface area contributed by atoms with Crippen LogP contribution in [0.1, 0.15) is 70.9 Å². The van der Waals surface area contributed by atoms with E-state index in [9.17, 15) is 4.79 Å². The lowest BCUT2D eigenvalue weighted by atomic mass is 10.2. The predicted octanol–water partition coefficient (Wildman–Crippen LogP) is 0.656. The summed E-state index contributed by atoms with van der Waals surface area (Å²) in [4.78, 5) is 11.4. The molecule has 0 aliphatic heterocycles. The summed E-state index contributed by atoms with van der Waals surface area (Å²) in [7, 11) is 1.46. The van der Waals surface area contributed by atoms with Gasteiger partial charge in [0.15, 0.2) is 0 Å². The number of aromatic nitrogens is 2. The van der Waals surface area contributed by atoms with Gasteiger partial charge in [0.1, 0.15) is 11.9 Å². The van der Waals surface area contributed by atoms with Gasteiger partial charge in [-0.2, -0.15) is 0 Å². The molecule has 0 saturated carbocycles. The topological polar surface area (TPSA) is 35.1 Å². The molecule has 0 radical (unpaired) electrons. The van der Waals surface area contributed by atoms with Gasteiger partial charge < -0.3 is 21.7 Å². The van der Waals surface area contributed by atoms with Gasteiger partial charge in [0.05, 0.1) is 26.6 Å². The highest BCUT2D eigenvalue weighted by Crippen LogP contribution is 2.08. The first-order valence-electron chi connectivity index (χ1n) is 8.86. The summed E-state index contributed by atoms with van der Waals surface area (Å²) >= 11 is 0. The Labute approximate surface area is 152 Å². The van der Waals surface area contributed by atoms with Crippen molar-refractivity contribution in [2.24, 2.45) is 0 Å². The van der Waals surface area contributed by atoms with E-state index in [0.29, 0.717) is 6.42 Å². The molecule has 0 unspecified atom stereocenters. The number of halogens is 1. The quantitative estimate of drug-likeness (QED) is 0.299. The first-order chi connectivity index (χ1) is 10.7. The van der Waals surface area contributed by atoms with Crippen LogP contribution in [0.4, 0.5) is 0 Å². The number of esters is 1. The number of imidazole rings is 1. The number of carbonyl (C=O) groups excluding carboxylic acids is 1. The van der Waals surface area contributed by atoms with Gasteiger partial charge in [-0.05, 0) is 25.7 Å². The zero-order valence-corrected chi connectivity index (χ0v) is 16.6. The molecule has 0 aromatic carbocycles. The first kappa shape index (κ1) is 22.2. The molecule has 0 atom stereocenters. The molecule has 0 N–H and O–H groups in total. The van der Waals surface area contributed by atoms with Crippen molar-refractivity contribution in [1.82, 2.24) is 4.57 Å². The van der Waals surface area contributed by atoms with Crippen molar-refractivity contribution < 1.29 is 31.1 Å². The maximum atomic E-state index is 11.4. The Kier molecular flexibility index (Phi) is 13.1. The lowest BCUT2D eigenvalue weighted by Crippen LogP contribution is -3.00. The second-order valence-corrected chi connectivity index (χ2v) is 6.01. The fraction of sp³-hybridized carbons (Fsp3) is 0.778. The molecular formula is C18H33BrN2O2. The summed E-state index contributed by atoms with van der Waals surface area (Å²) in [6.45, 7) is 6.59. The van der Waals surface area contributed by atoms with Gasteiger partial charge in [-0.1, -0.05) is 33.1 Å². The van der Waals surface area contributed by atoms with Crippen molar-refractivity contribution in [3.8, 4) is 0 Å². The zero-order chi connectivity index (χ0) is 16.2. The van der Waals surface area contributed by atoms with Gasteiger partial charge in [-0.3, -0.25) is 4.79 Å². The highest BCUT2D eigenvalue weighted by molar-refractivity contribution is 5.69. The minimum atomic E-state index is -0.128. The summed E-state index contributed by atoms with van der Waals surface area (Å²) in [6, 6.07) is 0. The minimum Gasteiger partial charge on any atom is -1.00 e. The fourth-order valence-corrected chi connectivity index (χ4v) is 2.67. The van der Waals surface area contributed by atoms with E-state index in [-0.39, 0.29) is 23.0 Å². The average Bonchev–Trinajstić information content (AvgIpc) is 2.91. The Bertz CT molecular complexity index is 433. The number of nitrogens with zero attached hydrogens (tertiary/aromatic N) is 2. The lowest BCUT2D eigenvalue weighted by molar-refractivity contribution is -0.697. The van der Waals surface area contributed by atoms with Crippen LogP contribution in [0.25, 0.3) is 0 Å². The molecule has 5 heteroatoms. The zero-order valence-electron chi connectivity index (χ0n) is 15.0. The van der Waals surface area contributed by atoms with E-state index in [2.05, 4.69) is 35.5 Å². The molecule has 0 fully saturated rings. The summed E-state index contributed by atoms with van der Waals surface area (Å²) in [6.07, 6.45) is 14.4. The number of rotatable bonds is 12. The van der Waals surface area contributed by atoms with Gasteiger partial charge in [0, 0.05) is 6.42 Å². The minimum absolute atomic E-state index is 0. The lowest BCUT2D eigenvalue weighted by Gasteiger charge is -2.01. The van der Waals surface area contributed by atoms with Crippen LogP contribution < -0.4 is 21.5 Å². The van der Waals surface area contributed by atoms with E-state index >= 15 is 0 Å². The van der Waals surface area contributed by atoms with Crippen molar-refractivity contribution in [2.75, 3.05) is 7.11 Å². The van der Waals surface area contributed by atoms with Crippen LogP contribution >= 0.6 is 0 Å². The van der Waals surface area contributed by atoms with Crippen LogP contribution in [0.5, 0.6) is 0 Å². The highest BCUT2D eigenvalue weighted by atomic mass is 79.9. The van der Waals surface area contributed by atoms with Gasteiger partial charge in [-0.25, -0.2) is 9.13 Å². The monoisotopic (exact) mass is 388 g/mol. The molecule has 23 heavy (non-hydrogen) atoms. The molecule has 0 amide bonds. The number of unbranched alkanes of at least 4 members (excludes halogenated alkanes) is 5. The van der Waals surface area contributed by atoms with Crippen LogP contribution in [0.15, 0.2) is 12.5 Å². The normalized spacial score (nSPS) is 10.4. The van der Waals surface area contributed by atoms with Crippen LogP contribution in [0, 0.1) is 0 Å². The first-order valence-corrected chi connectivity index (χ1v) is 8.86. The summed E-state index contributed by atoms with van der Waals surface area (Å²) < 4.78 is 9.36. The maximum Gasteiger partial charge on any atom is 0.305 e. The Morgan fingerprint density at radius 3 is 2.48 bits per heavy atom. The third-order valence-electron chi connectivity index (χ3n) is 4.06. The Hall–Kier alpha value is -0.840. The van der Waals surface area contributed by atoms with Gasteiger partial charge in [-0.15, -0.1) is 0 Å². The fourth-order valence-electron chi connectivity index (χ4n) is 2.67. The molecule has 4 nitrogen and oxygen atoms in total. The van der Waals surface area contributed by atoms with Gasteiger partial charge in [0.2, 0.25) is 6.33 Å². The third kappa shape index (κ3) is 9.14. The molecule has 0 spiro atoms. The third-order valence-corrected chi connectivity index (χ3v) is 4.06. The molecule has 1 aromatic rings. The van der Waals surface area contributed by atoms with Crippen molar-refractivity contribution >= 4 is 5.97 Å². The molecule has 1 aromatic heterocycles. The number of hydrogen-bond donors (Lipinski definition) is 0. The predicted molar refractivity (Wildman–Crippen MR) is 88.6 cm³/mol. The molecule has 1 rings (SSSR count). The summed E-state index contributed by atoms with van der Waals surface area (Å²) in [5.74, 6) is -0.128. The molecule has 134 valence electrons. The van der Waals surface area contributed by atoms with E-state index < -0.39 is 0 Å². The standard InChI is InChI=1S/C18H33N2O2.BrH/c1-4-6-8-10-14-20-16-19(13-9-7-5-2)15-17(20)11-12-18(21)22-3;/h15-16H,4-14H2,1-3H3;1H/q+1;/p-1.